The van der Waals surface area contributed by atoms with Crippen molar-refractivity contribution >= 4 is 13.7 Å². The van der Waals surface area contributed by atoms with Crippen molar-refractivity contribution in [2.75, 3.05) is 19.8 Å². The average molecular weight is 769 g/mol. The van der Waals surface area contributed by atoms with E-state index in [1.165, 1.54) is 89.9 Å². The van der Waals surface area contributed by atoms with Crippen molar-refractivity contribution in [3.63, 3.8) is 0 Å². The summed E-state index contributed by atoms with van der Waals surface area (Å²) < 4.78 is 22.0. The highest BCUT2D eigenvalue weighted by Crippen LogP contribution is 2.43. The minimum atomic E-state index is -4.41. The number of phosphoric ester groups is 1. The van der Waals surface area contributed by atoms with Gasteiger partial charge < -0.3 is 26.2 Å². The molecule has 6 N–H and O–H groups in total. The minimum absolute atomic E-state index is 0.0398. The van der Waals surface area contributed by atoms with Crippen molar-refractivity contribution in [3.05, 3.63) is 48.6 Å². The number of aliphatic hydroxyl groups is 2. The maximum Gasteiger partial charge on any atom is 0.472 e. The van der Waals surface area contributed by atoms with Crippen molar-refractivity contribution in [1.82, 2.24) is 5.32 Å². The fourth-order valence-corrected chi connectivity index (χ4v) is 6.73. The molecule has 0 aliphatic carbocycles. The predicted molar refractivity (Wildman–Crippen MR) is 223 cm³/mol. The van der Waals surface area contributed by atoms with Gasteiger partial charge in [0.2, 0.25) is 5.91 Å². The third kappa shape index (κ3) is 37.1. The van der Waals surface area contributed by atoms with Crippen LogP contribution in [-0.2, 0) is 18.4 Å². The van der Waals surface area contributed by atoms with Crippen molar-refractivity contribution in [3.8, 4) is 0 Å². The molecule has 0 aliphatic heterocycles. The van der Waals surface area contributed by atoms with Gasteiger partial charge >= 0.3 is 7.82 Å². The van der Waals surface area contributed by atoms with E-state index in [9.17, 15) is 24.5 Å². The van der Waals surface area contributed by atoms with Crippen LogP contribution in [0.4, 0.5) is 0 Å². The van der Waals surface area contributed by atoms with Crippen molar-refractivity contribution in [1.29, 1.82) is 0 Å². The lowest BCUT2D eigenvalue weighted by Crippen LogP contribution is -2.46. The number of nitrogens with two attached hydrogens (primary N) is 1. The number of aliphatic hydroxyl groups excluding tert-OH is 2. The second-order valence-corrected chi connectivity index (χ2v) is 15.8. The molecule has 0 aromatic heterocycles. The lowest BCUT2D eigenvalue weighted by Gasteiger charge is -2.24. The van der Waals surface area contributed by atoms with Crippen LogP contribution in [0.2, 0.25) is 0 Å². The molecule has 4 atom stereocenters. The van der Waals surface area contributed by atoms with Crippen LogP contribution in [0.15, 0.2) is 48.6 Å². The van der Waals surface area contributed by atoms with Crippen LogP contribution in [0.1, 0.15) is 181 Å². The third-order valence-electron chi connectivity index (χ3n) is 9.17. The van der Waals surface area contributed by atoms with E-state index in [4.69, 9.17) is 14.8 Å². The summed E-state index contributed by atoms with van der Waals surface area (Å²) >= 11 is 0. The molecular formula is C43H81N2O7P. The van der Waals surface area contributed by atoms with E-state index in [1.807, 2.05) is 0 Å². The summed E-state index contributed by atoms with van der Waals surface area (Å²) in [5.74, 6) is -0.468. The van der Waals surface area contributed by atoms with Gasteiger partial charge in [-0.1, -0.05) is 159 Å². The highest BCUT2D eigenvalue weighted by atomic mass is 31.2. The van der Waals surface area contributed by atoms with Crippen LogP contribution in [-0.4, -0.2) is 59.0 Å². The zero-order valence-corrected chi connectivity index (χ0v) is 34.8. The van der Waals surface area contributed by atoms with Gasteiger partial charge in [0, 0.05) is 6.54 Å². The van der Waals surface area contributed by atoms with Crippen LogP contribution in [0.5, 0.6) is 0 Å². The summed E-state index contributed by atoms with van der Waals surface area (Å²) in [5, 5.41) is 23.9. The number of unbranched alkanes of at least 4 members (excludes halogenated alkanes) is 19. The molecule has 0 spiro atoms. The van der Waals surface area contributed by atoms with Gasteiger partial charge in [0.05, 0.1) is 37.9 Å². The van der Waals surface area contributed by atoms with Gasteiger partial charge in [-0.25, -0.2) is 4.57 Å². The lowest BCUT2D eigenvalue weighted by atomic mass is 10.0. The van der Waals surface area contributed by atoms with E-state index in [0.29, 0.717) is 12.8 Å². The first-order valence-corrected chi connectivity index (χ1v) is 22.8. The van der Waals surface area contributed by atoms with Crippen LogP contribution < -0.4 is 11.1 Å². The Morgan fingerprint density at radius 1 is 0.660 bits per heavy atom. The van der Waals surface area contributed by atoms with Crippen molar-refractivity contribution < 1.29 is 33.5 Å². The molecule has 10 heteroatoms. The Hall–Kier alpha value is -1.58. The molecule has 0 bridgehead atoms. The highest BCUT2D eigenvalue weighted by Gasteiger charge is 2.27. The van der Waals surface area contributed by atoms with Gasteiger partial charge in [0.1, 0.15) is 0 Å². The van der Waals surface area contributed by atoms with Crippen LogP contribution in [0.25, 0.3) is 0 Å². The number of rotatable bonds is 39. The molecule has 0 fully saturated rings. The Kier molecular flexibility index (Phi) is 37.5. The zero-order valence-electron chi connectivity index (χ0n) is 33.9. The SMILES string of the molecule is CC/C=C/CC/C=C/CC/C=C/C(O)C(COP(=O)(O)OCCN)NC(=O)CC(O)CCCCCCC/C=C\CCCCCCCCCCCCCC. The van der Waals surface area contributed by atoms with Gasteiger partial charge in [0.15, 0.2) is 0 Å². The maximum atomic E-state index is 12.8. The van der Waals surface area contributed by atoms with Crippen molar-refractivity contribution in [2.24, 2.45) is 5.73 Å². The van der Waals surface area contributed by atoms with E-state index in [1.54, 1.807) is 12.2 Å². The number of carbonyl (C=O) groups excluding carboxylic acids is 1. The van der Waals surface area contributed by atoms with Crippen LogP contribution >= 0.6 is 7.82 Å². The predicted octanol–water partition coefficient (Wildman–Crippen LogP) is 10.7. The Labute approximate surface area is 325 Å². The Morgan fingerprint density at radius 3 is 1.66 bits per heavy atom. The van der Waals surface area contributed by atoms with E-state index in [-0.39, 0.29) is 19.6 Å². The van der Waals surface area contributed by atoms with Crippen LogP contribution in [0, 0.1) is 0 Å². The standard InChI is InChI=1S/C43H81N2O7P/c1-3-5-7-9-11-13-15-16-17-18-19-20-21-22-23-24-25-26-28-30-32-34-40(46)38-43(48)45-41(39-52-53(49,50)51-37-36-44)42(47)35-33-31-29-27-14-12-10-8-6-4-2/h6,8,14,22-23,27,33,35,40-42,46-47H,3-5,7,9-13,15-21,24-26,28-32,34,36-39,44H2,1-2H3,(H,45,48)(H,49,50)/b8-6+,23-22-,27-14+,35-33+. The summed E-state index contributed by atoms with van der Waals surface area (Å²) in [7, 11) is -4.41. The molecule has 0 rings (SSSR count). The first kappa shape index (κ1) is 51.4. The highest BCUT2D eigenvalue weighted by molar-refractivity contribution is 7.47. The van der Waals surface area contributed by atoms with Crippen molar-refractivity contribution in [2.45, 2.75) is 199 Å². The van der Waals surface area contributed by atoms with Gasteiger partial charge in [-0.15, -0.1) is 0 Å². The normalized spacial score (nSPS) is 15.2. The van der Waals surface area contributed by atoms with E-state index < -0.39 is 38.6 Å². The molecule has 0 aromatic rings. The molecule has 9 nitrogen and oxygen atoms in total. The average Bonchev–Trinajstić information content (AvgIpc) is 3.13. The Balaban J connectivity index is 4.23. The number of carbonyl (C=O) groups is 1. The van der Waals surface area contributed by atoms with Gasteiger partial charge in [0.25, 0.3) is 0 Å². The van der Waals surface area contributed by atoms with E-state index in [0.717, 1.165) is 57.8 Å². The summed E-state index contributed by atoms with van der Waals surface area (Å²) in [6, 6.07) is -1.01. The molecular weight excluding hydrogens is 687 g/mol. The zero-order chi connectivity index (χ0) is 39.1. The number of nitrogens with one attached hydrogen (secondary N) is 1. The Bertz CT molecular complexity index is 988. The molecule has 4 unspecified atom stereocenters. The second-order valence-electron chi connectivity index (χ2n) is 14.3. The third-order valence-corrected chi connectivity index (χ3v) is 10.2. The summed E-state index contributed by atoms with van der Waals surface area (Å²) in [4.78, 5) is 22.7. The fourth-order valence-electron chi connectivity index (χ4n) is 5.97. The largest absolute Gasteiger partial charge is 0.472 e. The molecule has 53 heavy (non-hydrogen) atoms. The molecule has 0 saturated heterocycles. The second kappa shape index (κ2) is 38.7. The number of hydrogen-bond donors (Lipinski definition) is 5. The summed E-state index contributed by atoms with van der Waals surface area (Å²) in [6.45, 7) is 3.80. The molecule has 0 radical (unpaired) electrons. The van der Waals surface area contributed by atoms with Gasteiger partial charge in [-0.2, -0.15) is 0 Å². The lowest BCUT2D eigenvalue weighted by molar-refractivity contribution is -0.124. The molecule has 1 amide bonds. The monoisotopic (exact) mass is 769 g/mol. The number of amides is 1. The molecule has 0 heterocycles. The van der Waals surface area contributed by atoms with Crippen LogP contribution in [0.3, 0.4) is 0 Å². The fraction of sp³-hybridized carbons (Fsp3) is 0.791. The smallest absolute Gasteiger partial charge is 0.393 e. The van der Waals surface area contributed by atoms with E-state index in [2.05, 4.69) is 55.6 Å². The molecule has 310 valence electrons. The summed E-state index contributed by atoms with van der Waals surface area (Å²) in [6.07, 6.45) is 43.7. The molecule has 0 aliphatic rings. The minimum Gasteiger partial charge on any atom is -0.393 e. The number of allylic oxidation sites excluding steroid dienone is 7. The van der Waals surface area contributed by atoms with Gasteiger partial charge in [-0.3, -0.25) is 13.8 Å². The number of phosphoric acid groups is 1. The van der Waals surface area contributed by atoms with E-state index >= 15 is 0 Å². The number of hydrogen-bond acceptors (Lipinski definition) is 7. The maximum absolute atomic E-state index is 12.8. The first-order chi connectivity index (χ1) is 25.8. The molecule has 0 aromatic carbocycles. The van der Waals surface area contributed by atoms with Gasteiger partial charge in [-0.05, 0) is 64.2 Å². The summed E-state index contributed by atoms with van der Waals surface area (Å²) in [5.41, 5.74) is 5.34. The topological polar surface area (TPSA) is 151 Å². The molecule has 0 saturated carbocycles. The Morgan fingerprint density at radius 2 is 1.13 bits per heavy atom. The first-order valence-electron chi connectivity index (χ1n) is 21.3. The quantitative estimate of drug-likeness (QED) is 0.0235.